The molecule has 1 aliphatic rings. The Hall–Kier alpha value is -1.46. The lowest BCUT2D eigenvalue weighted by Crippen LogP contribution is -2.38. The first kappa shape index (κ1) is 14.9. The van der Waals surface area contributed by atoms with Gasteiger partial charge in [-0.15, -0.1) is 0 Å². The van der Waals surface area contributed by atoms with Crippen LogP contribution in [0.2, 0.25) is 5.02 Å². The molecule has 0 atom stereocenters. The molecule has 0 bridgehead atoms. The van der Waals surface area contributed by atoms with Gasteiger partial charge in [0.2, 0.25) is 0 Å². The second kappa shape index (κ2) is 6.81. The van der Waals surface area contributed by atoms with Crippen LogP contribution in [0, 0.1) is 0 Å². The fraction of sp³-hybridized carbons (Fsp3) is 0.500. The molecule has 0 radical (unpaired) electrons. The summed E-state index contributed by atoms with van der Waals surface area (Å²) in [5, 5.41) is 12.6. The molecule has 1 aromatic carbocycles. The molecule has 20 heavy (non-hydrogen) atoms. The molecule has 0 saturated carbocycles. The monoisotopic (exact) mass is 297 g/mol. The van der Waals surface area contributed by atoms with Crippen molar-refractivity contribution in [2.75, 3.05) is 24.6 Å². The van der Waals surface area contributed by atoms with Crippen molar-refractivity contribution in [3.63, 3.8) is 0 Å². The molecule has 1 fully saturated rings. The zero-order chi connectivity index (χ0) is 14.5. The number of halogens is 1. The number of nitrogens with zero attached hydrogens (tertiary/aromatic N) is 2. The Balaban J connectivity index is 2.18. The Morgan fingerprint density at radius 2 is 2.20 bits per heavy atom. The summed E-state index contributed by atoms with van der Waals surface area (Å²) in [5.41, 5.74) is 7.34. The molecule has 0 unspecified atom stereocenters. The average molecular weight is 298 g/mol. The molecule has 1 saturated heterocycles. The van der Waals surface area contributed by atoms with E-state index in [0.717, 1.165) is 38.2 Å². The van der Waals surface area contributed by atoms with Crippen LogP contribution in [0.15, 0.2) is 23.4 Å². The molecule has 0 aromatic heterocycles. The van der Waals surface area contributed by atoms with E-state index in [-0.39, 0.29) is 5.84 Å². The molecule has 5 nitrogen and oxygen atoms in total. The predicted octanol–water partition coefficient (Wildman–Crippen LogP) is 2.44. The van der Waals surface area contributed by atoms with E-state index in [1.807, 2.05) is 13.0 Å². The van der Waals surface area contributed by atoms with Crippen LogP contribution in [0.1, 0.15) is 25.3 Å². The van der Waals surface area contributed by atoms with Crippen LogP contribution in [0.3, 0.4) is 0 Å². The lowest BCUT2D eigenvalue weighted by atomic mass is 10.0. The van der Waals surface area contributed by atoms with Crippen molar-refractivity contribution in [2.24, 2.45) is 10.9 Å². The number of oxime groups is 1. The highest BCUT2D eigenvalue weighted by Crippen LogP contribution is 2.28. The normalized spacial score (nSPS) is 17.5. The van der Waals surface area contributed by atoms with Crippen molar-refractivity contribution >= 4 is 23.1 Å². The summed E-state index contributed by atoms with van der Waals surface area (Å²) in [6, 6.07) is 5.38. The van der Waals surface area contributed by atoms with Crippen LogP contribution in [-0.4, -0.2) is 36.8 Å². The first-order chi connectivity index (χ1) is 9.65. The minimum absolute atomic E-state index is 0.101. The molecule has 2 rings (SSSR count). The number of piperidine rings is 1. The van der Waals surface area contributed by atoms with Gasteiger partial charge in [-0.2, -0.15) is 0 Å². The molecular weight excluding hydrogens is 278 g/mol. The van der Waals surface area contributed by atoms with Crippen LogP contribution in [0.25, 0.3) is 0 Å². The van der Waals surface area contributed by atoms with Crippen LogP contribution in [0.4, 0.5) is 5.69 Å². The van der Waals surface area contributed by atoms with E-state index < -0.39 is 0 Å². The quantitative estimate of drug-likeness (QED) is 0.387. The Kier molecular flexibility index (Phi) is 5.09. The molecular formula is C14H20ClN3O2. The number of ether oxygens (including phenoxy) is 1. The van der Waals surface area contributed by atoms with Crippen molar-refractivity contribution in [1.29, 1.82) is 0 Å². The molecule has 0 amide bonds. The van der Waals surface area contributed by atoms with Gasteiger partial charge < -0.3 is 20.6 Å². The Labute approximate surface area is 124 Å². The highest BCUT2D eigenvalue weighted by molar-refractivity contribution is 6.31. The maximum Gasteiger partial charge on any atom is 0.172 e. The Morgan fingerprint density at radius 3 is 2.80 bits per heavy atom. The van der Waals surface area contributed by atoms with E-state index in [9.17, 15) is 0 Å². The van der Waals surface area contributed by atoms with E-state index in [2.05, 4.69) is 10.1 Å². The molecule has 6 heteroatoms. The molecule has 1 heterocycles. The number of rotatable bonds is 4. The topological polar surface area (TPSA) is 71.1 Å². The number of anilines is 1. The molecule has 0 aliphatic carbocycles. The SMILES string of the molecule is CCOC1CCN(c2cc(Cl)ccc2C(N)=NO)CC1. The van der Waals surface area contributed by atoms with Gasteiger partial charge in [0.25, 0.3) is 0 Å². The summed E-state index contributed by atoms with van der Waals surface area (Å²) in [4.78, 5) is 2.20. The van der Waals surface area contributed by atoms with Gasteiger partial charge >= 0.3 is 0 Å². The Morgan fingerprint density at radius 1 is 1.50 bits per heavy atom. The second-order valence-electron chi connectivity index (χ2n) is 4.79. The zero-order valence-electron chi connectivity index (χ0n) is 11.6. The standard InChI is InChI=1S/C14H20ClN3O2/c1-2-20-11-5-7-18(8-6-11)13-9-10(15)3-4-12(13)14(16)17-19/h3-4,9,11,19H,2,5-8H2,1H3,(H2,16,17). The van der Waals surface area contributed by atoms with Gasteiger partial charge in [-0.1, -0.05) is 16.8 Å². The van der Waals surface area contributed by atoms with Crippen molar-refractivity contribution < 1.29 is 9.94 Å². The van der Waals surface area contributed by atoms with E-state index in [0.29, 0.717) is 16.7 Å². The van der Waals surface area contributed by atoms with E-state index in [1.54, 1.807) is 12.1 Å². The number of benzene rings is 1. The minimum Gasteiger partial charge on any atom is -0.409 e. The van der Waals surface area contributed by atoms with Crippen molar-refractivity contribution in [1.82, 2.24) is 0 Å². The van der Waals surface area contributed by atoms with E-state index >= 15 is 0 Å². The summed E-state index contributed by atoms with van der Waals surface area (Å²) in [6.45, 7) is 4.50. The van der Waals surface area contributed by atoms with Gasteiger partial charge in [0.05, 0.1) is 6.10 Å². The molecule has 3 N–H and O–H groups in total. The average Bonchev–Trinajstić information content (AvgIpc) is 2.47. The van der Waals surface area contributed by atoms with E-state index in [4.69, 9.17) is 27.3 Å². The summed E-state index contributed by atoms with van der Waals surface area (Å²) < 4.78 is 5.65. The second-order valence-corrected chi connectivity index (χ2v) is 5.22. The fourth-order valence-corrected chi connectivity index (χ4v) is 2.70. The molecule has 1 aliphatic heterocycles. The molecule has 0 spiro atoms. The first-order valence-electron chi connectivity index (χ1n) is 6.79. The largest absolute Gasteiger partial charge is 0.409 e. The van der Waals surface area contributed by atoms with Crippen LogP contribution in [-0.2, 0) is 4.74 Å². The Bertz CT molecular complexity index is 485. The fourth-order valence-electron chi connectivity index (χ4n) is 2.54. The predicted molar refractivity (Wildman–Crippen MR) is 80.8 cm³/mol. The number of hydrogen-bond donors (Lipinski definition) is 2. The van der Waals surface area contributed by atoms with Gasteiger partial charge in [0.15, 0.2) is 5.84 Å². The van der Waals surface area contributed by atoms with Gasteiger partial charge in [0, 0.05) is 36.0 Å². The van der Waals surface area contributed by atoms with Gasteiger partial charge in [-0.3, -0.25) is 0 Å². The third kappa shape index (κ3) is 3.35. The number of amidine groups is 1. The summed E-state index contributed by atoms with van der Waals surface area (Å²) in [6.07, 6.45) is 2.26. The summed E-state index contributed by atoms with van der Waals surface area (Å²) in [5.74, 6) is 0.101. The van der Waals surface area contributed by atoms with Crippen LogP contribution >= 0.6 is 11.6 Å². The van der Waals surface area contributed by atoms with Crippen LogP contribution < -0.4 is 10.6 Å². The van der Waals surface area contributed by atoms with Gasteiger partial charge in [-0.25, -0.2) is 0 Å². The lowest BCUT2D eigenvalue weighted by molar-refractivity contribution is 0.0459. The lowest BCUT2D eigenvalue weighted by Gasteiger charge is -2.34. The molecule has 110 valence electrons. The summed E-state index contributed by atoms with van der Waals surface area (Å²) >= 11 is 6.07. The van der Waals surface area contributed by atoms with E-state index in [1.165, 1.54) is 0 Å². The van der Waals surface area contributed by atoms with Gasteiger partial charge in [-0.05, 0) is 38.0 Å². The molecule has 1 aromatic rings. The smallest absolute Gasteiger partial charge is 0.172 e. The number of hydrogen-bond acceptors (Lipinski definition) is 4. The first-order valence-corrected chi connectivity index (χ1v) is 7.17. The highest BCUT2D eigenvalue weighted by Gasteiger charge is 2.22. The van der Waals surface area contributed by atoms with Gasteiger partial charge in [0.1, 0.15) is 0 Å². The zero-order valence-corrected chi connectivity index (χ0v) is 12.3. The van der Waals surface area contributed by atoms with Crippen molar-refractivity contribution in [3.05, 3.63) is 28.8 Å². The number of nitrogens with two attached hydrogens (primary N) is 1. The minimum atomic E-state index is 0.101. The van der Waals surface area contributed by atoms with Crippen molar-refractivity contribution in [2.45, 2.75) is 25.9 Å². The third-order valence-electron chi connectivity index (χ3n) is 3.53. The highest BCUT2D eigenvalue weighted by atomic mass is 35.5. The summed E-state index contributed by atoms with van der Waals surface area (Å²) in [7, 11) is 0. The van der Waals surface area contributed by atoms with Crippen LogP contribution in [0.5, 0.6) is 0 Å². The van der Waals surface area contributed by atoms with Crippen molar-refractivity contribution in [3.8, 4) is 0 Å². The maximum atomic E-state index is 8.88. The maximum absolute atomic E-state index is 8.88. The third-order valence-corrected chi connectivity index (χ3v) is 3.76.